The van der Waals surface area contributed by atoms with Crippen LogP contribution >= 0.6 is 0 Å². The Labute approximate surface area is 142 Å². The minimum absolute atomic E-state index is 0.0585. The zero-order valence-corrected chi connectivity index (χ0v) is 14.0. The molecule has 128 valence electrons. The minimum atomic E-state index is -0.260. The number of nitrogens with zero attached hydrogens (tertiary/aromatic N) is 3. The summed E-state index contributed by atoms with van der Waals surface area (Å²) in [5.74, 6) is 0. The van der Waals surface area contributed by atoms with Crippen molar-refractivity contribution in [1.82, 2.24) is 20.0 Å². The van der Waals surface area contributed by atoms with Crippen molar-refractivity contribution in [3.63, 3.8) is 0 Å². The third-order valence-electron chi connectivity index (χ3n) is 4.45. The Balaban J connectivity index is 1.53. The Morgan fingerprint density at radius 2 is 2.25 bits per heavy atom. The molecule has 0 saturated heterocycles. The SMILES string of the molecule is Cc1cnn(CCCNC(=O)N2CCc3ccccc3[C@H]2CO)c1. The number of aliphatic hydroxyl groups is 1. The number of nitrogens with one attached hydrogen (secondary N) is 1. The van der Waals surface area contributed by atoms with Crippen molar-refractivity contribution >= 4 is 6.03 Å². The maximum Gasteiger partial charge on any atom is 0.318 e. The summed E-state index contributed by atoms with van der Waals surface area (Å²) in [6, 6.07) is 7.65. The number of aliphatic hydroxyl groups excluding tert-OH is 1. The first-order valence-corrected chi connectivity index (χ1v) is 8.41. The second-order valence-corrected chi connectivity index (χ2v) is 6.21. The molecule has 1 atom stereocenters. The molecular formula is C18H24N4O2. The molecule has 3 rings (SSSR count). The number of aryl methyl sites for hydroxylation is 2. The van der Waals surface area contributed by atoms with E-state index in [0.29, 0.717) is 13.1 Å². The number of urea groups is 1. The lowest BCUT2D eigenvalue weighted by Gasteiger charge is -2.36. The number of amides is 2. The van der Waals surface area contributed by atoms with Crippen molar-refractivity contribution in [3.8, 4) is 0 Å². The number of benzene rings is 1. The van der Waals surface area contributed by atoms with E-state index in [9.17, 15) is 9.90 Å². The summed E-state index contributed by atoms with van der Waals surface area (Å²) < 4.78 is 1.88. The van der Waals surface area contributed by atoms with E-state index in [-0.39, 0.29) is 18.7 Å². The standard InChI is InChI=1S/C18H24N4O2/c1-14-11-20-21(12-14)9-4-8-19-18(24)22-10-7-15-5-2-3-6-16(15)17(22)13-23/h2-3,5-6,11-12,17,23H,4,7-10,13H2,1H3,(H,19,24)/t17-/m1/s1. The van der Waals surface area contributed by atoms with Gasteiger partial charge in [-0.15, -0.1) is 0 Å². The molecule has 2 N–H and O–H groups in total. The second kappa shape index (κ2) is 7.49. The smallest absolute Gasteiger partial charge is 0.318 e. The number of carbonyl (C=O) groups is 1. The fourth-order valence-corrected chi connectivity index (χ4v) is 3.22. The quantitative estimate of drug-likeness (QED) is 0.824. The van der Waals surface area contributed by atoms with Gasteiger partial charge in [-0.1, -0.05) is 24.3 Å². The molecule has 1 aromatic heterocycles. The van der Waals surface area contributed by atoms with Crippen molar-refractivity contribution in [3.05, 3.63) is 53.3 Å². The first kappa shape index (κ1) is 16.5. The van der Waals surface area contributed by atoms with Crippen LogP contribution in [0.1, 0.15) is 29.2 Å². The molecule has 24 heavy (non-hydrogen) atoms. The molecule has 1 aliphatic rings. The molecule has 6 nitrogen and oxygen atoms in total. The molecule has 2 heterocycles. The molecule has 0 fully saturated rings. The number of hydrogen-bond acceptors (Lipinski definition) is 3. The van der Waals surface area contributed by atoms with Gasteiger partial charge in [0.05, 0.1) is 18.8 Å². The third-order valence-corrected chi connectivity index (χ3v) is 4.45. The lowest BCUT2D eigenvalue weighted by Crippen LogP contribution is -2.47. The van der Waals surface area contributed by atoms with Crippen LogP contribution < -0.4 is 5.32 Å². The molecule has 2 amide bonds. The van der Waals surface area contributed by atoms with E-state index in [2.05, 4.69) is 16.5 Å². The van der Waals surface area contributed by atoms with E-state index in [0.717, 1.165) is 30.5 Å². The molecule has 1 aromatic carbocycles. The van der Waals surface area contributed by atoms with Gasteiger partial charge in [-0.2, -0.15) is 5.10 Å². The Bertz CT molecular complexity index is 698. The van der Waals surface area contributed by atoms with Gasteiger partial charge in [-0.3, -0.25) is 4.68 Å². The van der Waals surface area contributed by atoms with Gasteiger partial charge < -0.3 is 15.3 Å². The van der Waals surface area contributed by atoms with E-state index in [1.165, 1.54) is 5.56 Å². The van der Waals surface area contributed by atoms with Gasteiger partial charge >= 0.3 is 6.03 Å². The Morgan fingerprint density at radius 1 is 1.42 bits per heavy atom. The topological polar surface area (TPSA) is 70.4 Å². The first-order valence-electron chi connectivity index (χ1n) is 8.41. The number of carbonyl (C=O) groups excluding carboxylic acids is 1. The summed E-state index contributed by atoms with van der Waals surface area (Å²) in [7, 11) is 0. The maximum atomic E-state index is 12.5. The fourth-order valence-electron chi connectivity index (χ4n) is 3.22. The van der Waals surface area contributed by atoms with Gasteiger partial charge in [0, 0.05) is 25.8 Å². The largest absolute Gasteiger partial charge is 0.394 e. The van der Waals surface area contributed by atoms with Gasteiger partial charge in [0.1, 0.15) is 0 Å². The van der Waals surface area contributed by atoms with Crippen LogP contribution in [0.5, 0.6) is 0 Å². The van der Waals surface area contributed by atoms with E-state index in [1.807, 2.05) is 42.2 Å². The third kappa shape index (κ3) is 3.59. The van der Waals surface area contributed by atoms with Crippen LogP contribution in [0.2, 0.25) is 0 Å². The molecular weight excluding hydrogens is 304 g/mol. The summed E-state index contributed by atoms with van der Waals surface area (Å²) in [6.07, 6.45) is 5.47. The second-order valence-electron chi connectivity index (χ2n) is 6.21. The van der Waals surface area contributed by atoms with Crippen molar-refractivity contribution in [2.45, 2.75) is 32.4 Å². The van der Waals surface area contributed by atoms with Crippen molar-refractivity contribution in [2.75, 3.05) is 19.7 Å². The molecule has 1 aliphatic heterocycles. The highest BCUT2D eigenvalue weighted by Gasteiger charge is 2.29. The molecule has 0 radical (unpaired) electrons. The zero-order chi connectivity index (χ0) is 16.9. The highest BCUT2D eigenvalue weighted by molar-refractivity contribution is 5.75. The van der Waals surface area contributed by atoms with E-state index in [1.54, 1.807) is 4.90 Å². The summed E-state index contributed by atoms with van der Waals surface area (Å²) in [4.78, 5) is 14.2. The number of fused-ring (bicyclic) bond motifs is 1. The Morgan fingerprint density at radius 3 is 3.00 bits per heavy atom. The van der Waals surface area contributed by atoms with Crippen molar-refractivity contribution in [1.29, 1.82) is 0 Å². The van der Waals surface area contributed by atoms with Crippen molar-refractivity contribution < 1.29 is 9.90 Å². The van der Waals surface area contributed by atoms with E-state index < -0.39 is 0 Å². The maximum absolute atomic E-state index is 12.5. The van der Waals surface area contributed by atoms with Gasteiger partial charge in [-0.05, 0) is 36.5 Å². The van der Waals surface area contributed by atoms with E-state index in [4.69, 9.17) is 0 Å². The van der Waals surface area contributed by atoms with Gasteiger partial charge in [0.25, 0.3) is 0 Å². The van der Waals surface area contributed by atoms with Crippen LogP contribution in [0.25, 0.3) is 0 Å². The molecule has 0 saturated carbocycles. The summed E-state index contributed by atoms with van der Waals surface area (Å²) in [6.45, 7) is 3.95. The molecule has 0 aliphatic carbocycles. The Kier molecular flexibility index (Phi) is 5.15. The average Bonchev–Trinajstić information content (AvgIpc) is 3.02. The molecule has 0 spiro atoms. The Hall–Kier alpha value is -2.34. The molecule has 0 bridgehead atoms. The molecule has 6 heteroatoms. The van der Waals surface area contributed by atoms with E-state index >= 15 is 0 Å². The highest BCUT2D eigenvalue weighted by atomic mass is 16.3. The summed E-state index contributed by atoms with van der Waals surface area (Å²) in [5.41, 5.74) is 3.40. The highest BCUT2D eigenvalue weighted by Crippen LogP contribution is 2.29. The number of aromatic nitrogens is 2. The normalized spacial score (nSPS) is 16.8. The van der Waals surface area contributed by atoms with Crippen LogP contribution in [0.3, 0.4) is 0 Å². The minimum Gasteiger partial charge on any atom is -0.394 e. The van der Waals surface area contributed by atoms with Crippen LogP contribution in [-0.4, -0.2) is 45.5 Å². The number of rotatable bonds is 5. The lowest BCUT2D eigenvalue weighted by molar-refractivity contribution is 0.127. The van der Waals surface area contributed by atoms with Gasteiger partial charge in [0.2, 0.25) is 0 Å². The van der Waals surface area contributed by atoms with Crippen LogP contribution in [0.4, 0.5) is 4.79 Å². The molecule has 0 unspecified atom stereocenters. The van der Waals surface area contributed by atoms with Crippen molar-refractivity contribution in [2.24, 2.45) is 0 Å². The predicted octanol–water partition coefficient (Wildman–Crippen LogP) is 1.88. The van der Waals surface area contributed by atoms with Crippen LogP contribution in [-0.2, 0) is 13.0 Å². The van der Waals surface area contributed by atoms with Crippen LogP contribution in [0, 0.1) is 6.92 Å². The summed E-state index contributed by atoms with van der Waals surface area (Å²) >= 11 is 0. The van der Waals surface area contributed by atoms with Crippen LogP contribution in [0.15, 0.2) is 36.7 Å². The lowest BCUT2D eigenvalue weighted by atomic mass is 9.93. The molecule has 2 aromatic rings. The van der Waals surface area contributed by atoms with Gasteiger partial charge in [-0.25, -0.2) is 4.79 Å². The average molecular weight is 328 g/mol. The monoisotopic (exact) mass is 328 g/mol. The van der Waals surface area contributed by atoms with Gasteiger partial charge in [0.15, 0.2) is 0 Å². The summed E-state index contributed by atoms with van der Waals surface area (Å²) in [5, 5.41) is 16.9. The number of hydrogen-bond donors (Lipinski definition) is 2. The predicted molar refractivity (Wildman–Crippen MR) is 91.7 cm³/mol. The first-order chi connectivity index (χ1) is 11.7. The zero-order valence-electron chi connectivity index (χ0n) is 14.0. The fraction of sp³-hybridized carbons (Fsp3) is 0.444.